The molecule has 2 aromatic heterocycles. The van der Waals surface area contributed by atoms with Gasteiger partial charge in [0.25, 0.3) is 0 Å². The number of rotatable bonds is 1. The molecule has 0 aromatic carbocycles. The van der Waals surface area contributed by atoms with Gasteiger partial charge >= 0.3 is 0 Å². The van der Waals surface area contributed by atoms with Gasteiger partial charge in [0.05, 0.1) is 11.7 Å². The van der Waals surface area contributed by atoms with E-state index in [9.17, 15) is 0 Å². The predicted octanol–water partition coefficient (Wildman–Crippen LogP) is 2.16. The Hall–Kier alpha value is -1.51. The fourth-order valence-corrected chi connectivity index (χ4v) is 2.06. The number of pyridine rings is 1. The summed E-state index contributed by atoms with van der Waals surface area (Å²) in [5, 5.41) is 1.25. The van der Waals surface area contributed by atoms with E-state index in [0.29, 0.717) is 0 Å². The van der Waals surface area contributed by atoms with Crippen LogP contribution in [0.2, 0.25) is 0 Å². The first-order valence-corrected chi connectivity index (χ1v) is 5.11. The SMILES string of the molecule is c1cc2cc(N3CCCC3)ncc2[nH]1. The molecule has 3 heterocycles. The molecule has 3 nitrogen and oxygen atoms in total. The maximum atomic E-state index is 4.46. The lowest BCUT2D eigenvalue weighted by molar-refractivity contribution is 0.940. The number of hydrogen-bond acceptors (Lipinski definition) is 2. The fourth-order valence-electron chi connectivity index (χ4n) is 2.06. The maximum Gasteiger partial charge on any atom is 0.129 e. The van der Waals surface area contributed by atoms with Crippen molar-refractivity contribution < 1.29 is 0 Å². The molecule has 0 saturated carbocycles. The molecule has 14 heavy (non-hydrogen) atoms. The summed E-state index contributed by atoms with van der Waals surface area (Å²) >= 11 is 0. The monoisotopic (exact) mass is 187 g/mol. The largest absolute Gasteiger partial charge is 0.360 e. The third-order valence-corrected chi connectivity index (χ3v) is 2.85. The minimum absolute atomic E-state index is 1.12. The van der Waals surface area contributed by atoms with E-state index in [0.717, 1.165) is 24.4 Å². The van der Waals surface area contributed by atoms with Crippen LogP contribution in [0.4, 0.5) is 5.82 Å². The Morgan fingerprint density at radius 2 is 2.14 bits per heavy atom. The van der Waals surface area contributed by atoms with E-state index in [-0.39, 0.29) is 0 Å². The minimum atomic E-state index is 1.12. The quantitative estimate of drug-likeness (QED) is 0.742. The average Bonchev–Trinajstić information content (AvgIpc) is 2.88. The Kier molecular flexibility index (Phi) is 1.69. The van der Waals surface area contributed by atoms with Crippen LogP contribution in [0, 0.1) is 0 Å². The fraction of sp³-hybridized carbons (Fsp3) is 0.364. The number of anilines is 1. The highest BCUT2D eigenvalue weighted by molar-refractivity contribution is 5.81. The third kappa shape index (κ3) is 1.16. The number of H-pyrrole nitrogens is 1. The molecule has 1 N–H and O–H groups in total. The van der Waals surface area contributed by atoms with E-state index in [1.807, 2.05) is 12.4 Å². The van der Waals surface area contributed by atoms with Gasteiger partial charge < -0.3 is 9.88 Å². The van der Waals surface area contributed by atoms with Crippen molar-refractivity contribution in [1.29, 1.82) is 0 Å². The Labute approximate surface area is 82.8 Å². The molecular formula is C11H13N3. The van der Waals surface area contributed by atoms with Gasteiger partial charge in [-0.2, -0.15) is 0 Å². The molecule has 0 atom stereocenters. The van der Waals surface area contributed by atoms with Crippen LogP contribution in [0.1, 0.15) is 12.8 Å². The minimum Gasteiger partial charge on any atom is -0.360 e. The number of nitrogens with zero attached hydrogens (tertiary/aromatic N) is 2. The van der Waals surface area contributed by atoms with Crippen LogP contribution < -0.4 is 4.90 Å². The van der Waals surface area contributed by atoms with E-state index < -0.39 is 0 Å². The zero-order valence-electron chi connectivity index (χ0n) is 8.03. The third-order valence-electron chi connectivity index (χ3n) is 2.85. The van der Waals surface area contributed by atoms with Gasteiger partial charge in [-0.25, -0.2) is 4.98 Å². The zero-order valence-corrected chi connectivity index (χ0v) is 8.03. The topological polar surface area (TPSA) is 31.9 Å². The van der Waals surface area contributed by atoms with Crippen molar-refractivity contribution >= 4 is 16.7 Å². The first-order valence-electron chi connectivity index (χ1n) is 5.11. The highest BCUT2D eigenvalue weighted by Crippen LogP contribution is 2.21. The highest BCUT2D eigenvalue weighted by Gasteiger charge is 2.13. The normalized spacial score (nSPS) is 16.7. The van der Waals surface area contributed by atoms with Crippen molar-refractivity contribution in [3.8, 4) is 0 Å². The van der Waals surface area contributed by atoms with E-state index in [2.05, 4.69) is 27.0 Å². The zero-order chi connectivity index (χ0) is 9.38. The van der Waals surface area contributed by atoms with Crippen LogP contribution in [0.5, 0.6) is 0 Å². The summed E-state index contributed by atoms with van der Waals surface area (Å²) in [6, 6.07) is 4.26. The second-order valence-electron chi connectivity index (χ2n) is 3.80. The van der Waals surface area contributed by atoms with Gasteiger partial charge in [0.15, 0.2) is 0 Å². The molecule has 0 bridgehead atoms. The van der Waals surface area contributed by atoms with Crippen molar-refractivity contribution in [1.82, 2.24) is 9.97 Å². The molecule has 1 aliphatic heterocycles. The molecular weight excluding hydrogens is 174 g/mol. The molecule has 1 fully saturated rings. The van der Waals surface area contributed by atoms with E-state index in [1.54, 1.807) is 0 Å². The number of fused-ring (bicyclic) bond motifs is 1. The van der Waals surface area contributed by atoms with E-state index >= 15 is 0 Å². The highest BCUT2D eigenvalue weighted by atomic mass is 15.2. The Bertz CT molecular complexity index is 440. The van der Waals surface area contributed by atoms with Gasteiger partial charge in [-0.3, -0.25) is 0 Å². The lowest BCUT2D eigenvalue weighted by atomic mass is 10.3. The summed E-state index contributed by atoms with van der Waals surface area (Å²) in [6.45, 7) is 2.31. The summed E-state index contributed by atoms with van der Waals surface area (Å²) in [6.07, 6.45) is 6.48. The number of aromatic amines is 1. The predicted molar refractivity (Wildman–Crippen MR) is 57.5 cm³/mol. The smallest absolute Gasteiger partial charge is 0.129 e. The molecule has 1 aliphatic rings. The lowest BCUT2D eigenvalue weighted by Crippen LogP contribution is -2.18. The molecule has 0 spiro atoms. The molecule has 1 saturated heterocycles. The molecule has 0 amide bonds. The second-order valence-corrected chi connectivity index (χ2v) is 3.80. The summed E-state index contributed by atoms with van der Waals surface area (Å²) in [7, 11) is 0. The Morgan fingerprint density at radius 1 is 1.29 bits per heavy atom. The first kappa shape index (κ1) is 7.85. The van der Waals surface area contributed by atoms with Crippen LogP contribution >= 0.6 is 0 Å². The summed E-state index contributed by atoms with van der Waals surface area (Å²) in [4.78, 5) is 9.97. The number of aromatic nitrogens is 2. The maximum absolute atomic E-state index is 4.46. The molecule has 0 unspecified atom stereocenters. The van der Waals surface area contributed by atoms with Crippen LogP contribution in [-0.4, -0.2) is 23.1 Å². The van der Waals surface area contributed by atoms with E-state index in [4.69, 9.17) is 0 Å². The van der Waals surface area contributed by atoms with Gasteiger partial charge in [-0.15, -0.1) is 0 Å². The summed E-state index contributed by atoms with van der Waals surface area (Å²) in [5.74, 6) is 1.12. The van der Waals surface area contributed by atoms with Crippen molar-refractivity contribution in [2.75, 3.05) is 18.0 Å². The van der Waals surface area contributed by atoms with Gasteiger partial charge in [-0.05, 0) is 25.0 Å². The molecule has 0 radical (unpaired) electrons. The van der Waals surface area contributed by atoms with Gasteiger partial charge in [0.1, 0.15) is 5.82 Å². The second kappa shape index (κ2) is 3.01. The Morgan fingerprint density at radius 3 is 3.00 bits per heavy atom. The van der Waals surface area contributed by atoms with Crippen LogP contribution in [0.3, 0.4) is 0 Å². The van der Waals surface area contributed by atoms with Crippen molar-refractivity contribution in [3.63, 3.8) is 0 Å². The molecule has 0 aliphatic carbocycles. The molecule has 3 heteroatoms. The van der Waals surface area contributed by atoms with E-state index in [1.165, 1.54) is 18.2 Å². The van der Waals surface area contributed by atoms with Gasteiger partial charge in [-0.1, -0.05) is 0 Å². The van der Waals surface area contributed by atoms with Crippen LogP contribution in [0.15, 0.2) is 24.5 Å². The van der Waals surface area contributed by atoms with Crippen molar-refractivity contribution in [2.24, 2.45) is 0 Å². The van der Waals surface area contributed by atoms with Crippen molar-refractivity contribution in [3.05, 3.63) is 24.5 Å². The van der Waals surface area contributed by atoms with Crippen LogP contribution in [0.25, 0.3) is 10.9 Å². The molecule has 72 valence electrons. The Balaban J connectivity index is 2.04. The average molecular weight is 187 g/mol. The van der Waals surface area contributed by atoms with Gasteiger partial charge in [0.2, 0.25) is 0 Å². The number of hydrogen-bond donors (Lipinski definition) is 1. The number of nitrogens with one attached hydrogen (secondary N) is 1. The summed E-state index contributed by atoms with van der Waals surface area (Å²) < 4.78 is 0. The van der Waals surface area contributed by atoms with Gasteiger partial charge in [0, 0.05) is 24.7 Å². The lowest BCUT2D eigenvalue weighted by Gasteiger charge is -2.15. The molecule has 2 aromatic rings. The molecule has 3 rings (SSSR count). The first-order chi connectivity index (χ1) is 6.93. The standard InChI is InChI=1S/C11H13N3/c1-2-6-14(5-1)11-7-9-3-4-12-10(9)8-13-11/h3-4,7-8,12H,1-2,5-6H2. The van der Waals surface area contributed by atoms with Crippen molar-refractivity contribution in [2.45, 2.75) is 12.8 Å². The summed E-state index contributed by atoms with van der Waals surface area (Å²) in [5.41, 5.74) is 1.12. The van der Waals surface area contributed by atoms with Crippen LogP contribution in [-0.2, 0) is 0 Å².